The molecule has 3 rings (SSSR count). The van der Waals surface area contributed by atoms with Gasteiger partial charge in [-0.2, -0.15) is 5.10 Å². The lowest BCUT2D eigenvalue weighted by Crippen LogP contribution is -2.50. The summed E-state index contributed by atoms with van der Waals surface area (Å²) < 4.78 is 8.43. The topological polar surface area (TPSA) is 56.1 Å². The fourth-order valence-corrected chi connectivity index (χ4v) is 3.99. The zero-order chi connectivity index (χ0) is 18.2. The van der Waals surface area contributed by atoms with Crippen LogP contribution < -0.4 is 5.32 Å². The average molecular weight is 408 g/mol. The highest BCUT2D eigenvalue weighted by Gasteiger charge is 2.35. The van der Waals surface area contributed by atoms with Gasteiger partial charge in [0.05, 0.1) is 11.6 Å². The van der Waals surface area contributed by atoms with Crippen molar-refractivity contribution >= 4 is 32.9 Å². The molecule has 1 saturated carbocycles. The zero-order valence-electron chi connectivity index (χ0n) is 15.3. The van der Waals surface area contributed by atoms with Gasteiger partial charge in [0.15, 0.2) is 0 Å². The highest BCUT2D eigenvalue weighted by atomic mass is 79.9. The first kappa shape index (κ1) is 18.2. The first-order valence-electron chi connectivity index (χ1n) is 8.81. The molecule has 1 aromatic carbocycles. The molecular weight excluding hydrogens is 382 g/mol. The van der Waals surface area contributed by atoms with E-state index in [1.165, 1.54) is 0 Å². The van der Waals surface area contributed by atoms with E-state index in [0.717, 1.165) is 41.2 Å². The maximum Gasteiger partial charge on any atom is 0.408 e. The summed E-state index contributed by atoms with van der Waals surface area (Å²) >= 11 is 3.56. The van der Waals surface area contributed by atoms with Crippen molar-refractivity contribution in [1.29, 1.82) is 0 Å². The fourth-order valence-electron chi connectivity index (χ4n) is 3.49. The Morgan fingerprint density at radius 1 is 1.32 bits per heavy atom. The summed E-state index contributed by atoms with van der Waals surface area (Å²) in [6.45, 7) is 7.75. The van der Waals surface area contributed by atoms with Crippen molar-refractivity contribution in [3.63, 3.8) is 0 Å². The summed E-state index contributed by atoms with van der Waals surface area (Å²) in [4.78, 5) is 12.1. The van der Waals surface area contributed by atoms with Crippen LogP contribution in [0.4, 0.5) is 4.79 Å². The smallest absolute Gasteiger partial charge is 0.408 e. The van der Waals surface area contributed by atoms with Gasteiger partial charge in [-0.1, -0.05) is 18.2 Å². The Morgan fingerprint density at radius 3 is 2.60 bits per heavy atom. The van der Waals surface area contributed by atoms with E-state index in [4.69, 9.17) is 9.84 Å². The Morgan fingerprint density at radius 2 is 1.96 bits per heavy atom. The minimum Gasteiger partial charge on any atom is -0.444 e. The van der Waals surface area contributed by atoms with Gasteiger partial charge in [-0.25, -0.2) is 4.79 Å². The van der Waals surface area contributed by atoms with Crippen molar-refractivity contribution in [2.45, 2.75) is 70.6 Å². The number of alkyl carbamates (subject to hydrolysis) is 1. The molecule has 0 radical (unpaired) electrons. The number of fused-ring (bicyclic) bond motifs is 1. The number of ether oxygens (including phenoxy) is 1. The number of nitrogens with one attached hydrogen (secondary N) is 1. The summed E-state index contributed by atoms with van der Waals surface area (Å²) in [5.74, 6) is 0. The standard InChI is InChI=1S/C19H26BrN3O2/c1-18(2,3)25-17(24)21-19(4)11-9-13(10-12-19)23-15-8-6-5-7-14(15)16(20)22-23/h5-8,13H,9-12H2,1-4H3,(H,21,24). The molecule has 2 aromatic rings. The number of nitrogens with zero attached hydrogens (tertiary/aromatic N) is 2. The summed E-state index contributed by atoms with van der Waals surface area (Å²) in [7, 11) is 0. The van der Waals surface area contributed by atoms with Crippen LogP contribution in [0.3, 0.4) is 0 Å². The molecule has 1 aliphatic carbocycles. The van der Waals surface area contributed by atoms with Gasteiger partial charge in [0.2, 0.25) is 0 Å². The molecule has 1 N–H and O–H groups in total. The van der Waals surface area contributed by atoms with Gasteiger partial charge >= 0.3 is 6.09 Å². The zero-order valence-corrected chi connectivity index (χ0v) is 16.9. The molecule has 0 atom stereocenters. The second kappa shape index (κ2) is 6.63. The molecule has 0 bridgehead atoms. The van der Waals surface area contributed by atoms with Crippen LogP contribution in [0.5, 0.6) is 0 Å². The van der Waals surface area contributed by atoms with Gasteiger partial charge in [-0.15, -0.1) is 0 Å². The first-order chi connectivity index (χ1) is 11.7. The van der Waals surface area contributed by atoms with E-state index in [2.05, 4.69) is 45.0 Å². The van der Waals surface area contributed by atoms with Crippen molar-refractivity contribution in [2.75, 3.05) is 0 Å². The van der Waals surface area contributed by atoms with E-state index in [1.54, 1.807) is 0 Å². The van der Waals surface area contributed by atoms with Crippen molar-refractivity contribution in [2.24, 2.45) is 0 Å². The van der Waals surface area contributed by atoms with Gasteiger partial charge in [-0.05, 0) is 75.4 Å². The summed E-state index contributed by atoms with van der Waals surface area (Å²) in [5.41, 5.74) is 0.458. The number of hydrogen-bond donors (Lipinski definition) is 1. The molecule has 0 unspecified atom stereocenters. The Labute approximate surface area is 157 Å². The average Bonchev–Trinajstić information content (AvgIpc) is 2.83. The van der Waals surface area contributed by atoms with Crippen molar-refractivity contribution < 1.29 is 9.53 Å². The van der Waals surface area contributed by atoms with Gasteiger partial charge in [0.25, 0.3) is 0 Å². The number of benzene rings is 1. The first-order valence-corrected chi connectivity index (χ1v) is 9.60. The predicted molar refractivity (Wildman–Crippen MR) is 103 cm³/mol. The van der Waals surface area contributed by atoms with Crippen molar-refractivity contribution in [3.05, 3.63) is 28.9 Å². The largest absolute Gasteiger partial charge is 0.444 e. The number of aromatic nitrogens is 2. The molecule has 0 spiro atoms. The quantitative estimate of drug-likeness (QED) is 0.744. The molecule has 6 heteroatoms. The van der Waals surface area contributed by atoms with Crippen LogP contribution in [0.2, 0.25) is 0 Å². The molecule has 1 aliphatic rings. The highest BCUT2D eigenvalue weighted by molar-refractivity contribution is 9.10. The molecule has 0 saturated heterocycles. The number of para-hydroxylation sites is 1. The molecule has 1 aromatic heterocycles. The van der Waals surface area contributed by atoms with Gasteiger partial charge < -0.3 is 10.1 Å². The highest BCUT2D eigenvalue weighted by Crippen LogP contribution is 2.37. The van der Waals surface area contributed by atoms with Gasteiger partial charge in [0.1, 0.15) is 10.2 Å². The molecule has 25 heavy (non-hydrogen) atoms. The number of carbonyl (C=O) groups is 1. The van der Waals surface area contributed by atoms with Crippen LogP contribution >= 0.6 is 15.9 Å². The van der Waals surface area contributed by atoms with Crippen molar-refractivity contribution in [1.82, 2.24) is 15.1 Å². The normalized spacial score (nSPS) is 24.3. The number of hydrogen-bond acceptors (Lipinski definition) is 3. The number of amides is 1. The van der Waals surface area contributed by atoms with Crippen molar-refractivity contribution in [3.8, 4) is 0 Å². The summed E-state index contributed by atoms with van der Waals surface area (Å²) in [6, 6.07) is 8.62. The van der Waals surface area contributed by atoms with Crippen LogP contribution in [0, 0.1) is 0 Å². The molecule has 5 nitrogen and oxygen atoms in total. The van der Waals surface area contributed by atoms with E-state index in [9.17, 15) is 4.79 Å². The van der Waals surface area contributed by atoms with Gasteiger partial charge in [-0.3, -0.25) is 4.68 Å². The maximum atomic E-state index is 12.1. The Balaban J connectivity index is 1.68. The second-order valence-electron chi connectivity index (χ2n) is 8.17. The van der Waals surface area contributed by atoms with Crippen LogP contribution in [0.25, 0.3) is 10.9 Å². The van der Waals surface area contributed by atoms with Crippen LogP contribution in [0.1, 0.15) is 59.4 Å². The van der Waals surface area contributed by atoms with Crippen LogP contribution in [-0.4, -0.2) is 27.0 Å². The van der Waals surface area contributed by atoms with Crippen LogP contribution in [-0.2, 0) is 4.74 Å². The number of halogens is 1. The lowest BCUT2D eigenvalue weighted by atomic mass is 9.81. The third-order valence-electron chi connectivity index (χ3n) is 4.78. The third-order valence-corrected chi connectivity index (χ3v) is 5.36. The van der Waals surface area contributed by atoms with E-state index in [1.807, 2.05) is 32.9 Å². The van der Waals surface area contributed by atoms with E-state index < -0.39 is 5.60 Å². The SMILES string of the molecule is CC1(NC(=O)OC(C)(C)C)CCC(n2nc(Br)c3ccccc32)CC1. The maximum absolute atomic E-state index is 12.1. The Hall–Kier alpha value is -1.56. The molecule has 1 amide bonds. The van der Waals surface area contributed by atoms with Crippen LogP contribution in [0.15, 0.2) is 28.9 Å². The molecule has 1 heterocycles. The molecule has 0 aliphatic heterocycles. The minimum absolute atomic E-state index is 0.223. The third kappa shape index (κ3) is 4.17. The Kier molecular flexibility index (Phi) is 4.84. The molecule has 136 valence electrons. The minimum atomic E-state index is -0.474. The lowest BCUT2D eigenvalue weighted by molar-refractivity contribution is 0.0426. The summed E-state index contributed by atoms with van der Waals surface area (Å²) in [6.07, 6.45) is 3.43. The van der Waals surface area contributed by atoms with E-state index >= 15 is 0 Å². The van der Waals surface area contributed by atoms with Gasteiger partial charge in [0, 0.05) is 10.9 Å². The Bertz CT molecular complexity index is 771. The van der Waals surface area contributed by atoms with E-state index in [0.29, 0.717) is 6.04 Å². The number of rotatable bonds is 2. The lowest BCUT2D eigenvalue weighted by Gasteiger charge is -2.38. The predicted octanol–water partition coefficient (Wildman–Crippen LogP) is 5.20. The fraction of sp³-hybridized carbons (Fsp3) is 0.579. The molecule has 1 fully saturated rings. The monoisotopic (exact) mass is 407 g/mol. The summed E-state index contributed by atoms with van der Waals surface area (Å²) in [5, 5.41) is 8.90. The number of carbonyl (C=O) groups excluding carboxylic acids is 1. The van der Waals surface area contributed by atoms with E-state index in [-0.39, 0.29) is 11.6 Å². The molecular formula is C19H26BrN3O2. The second-order valence-corrected chi connectivity index (χ2v) is 8.92.